The largest absolute Gasteiger partial charge is 0.496 e. The average molecular weight is 415 g/mol. The summed E-state index contributed by atoms with van der Waals surface area (Å²) in [7, 11) is 1.70. The monoisotopic (exact) mass is 414 g/mol. The molecule has 0 radical (unpaired) electrons. The molecule has 2 heterocycles. The standard InChI is InChI=1S/C27H30N2O2/c1-31-26-17-6-5-13-22(26)20-23-14-8-15-24(28-23)25-16-9-19-29(25)27(30)18-7-12-21-10-3-2-4-11-21/h2-6,8,10-11,13-15,17,25H,7,9,12,16,18-20H2,1H3. The van der Waals surface area contributed by atoms with Gasteiger partial charge in [0.05, 0.1) is 18.8 Å². The molecule has 4 rings (SSSR count). The Labute approximate surface area is 184 Å². The number of pyridine rings is 1. The first kappa shape index (κ1) is 21.1. The summed E-state index contributed by atoms with van der Waals surface area (Å²) in [6.45, 7) is 0.827. The fraction of sp³-hybridized carbons (Fsp3) is 0.333. The first-order valence-corrected chi connectivity index (χ1v) is 11.2. The summed E-state index contributed by atoms with van der Waals surface area (Å²) in [4.78, 5) is 19.9. The van der Waals surface area contributed by atoms with Gasteiger partial charge in [0.15, 0.2) is 0 Å². The second-order valence-electron chi connectivity index (χ2n) is 8.13. The van der Waals surface area contributed by atoms with Crippen LogP contribution < -0.4 is 4.74 Å². The van der Waals surface area contributed by atoms with Crippen LogP contribution in [0.4, 0.5) is 0 Å². The molecule has 0 aliphatic carbocycles. The van der Waals surface area contributed by atoms with Crippen molar-refractivity contribution in [3.8, 4) is 5.75 Å². The van der Waals surface area contributed by atoms with Crippen LogP contribution in [0.5, 0.6) is 5.75 Å². The van der Waals surface area contributed by atoms with Crippen LogP contribution in [-0.2, 0) is 17.6 Å². The van der Waals surface area contributed by atoms with Crippen LogP contribution in [0.2, 0.25) is 0 Å². The van der Waals surface area contributed by atoms with Crippen molar-refractivity contribution in [3.05, 3.63) is 95.3 Å². The first-order chi connectivity index (χ1) is 15.2. The number of carbonyl (C=O) groups is 1. The summed E-state index contributed by atoms with van der Waals surface area (Å²) >= 11 is 0. The molecule has 3 aromatic rings. The van der Waals surface area contributed by atoms with Crippen LogP contribution in [0.25, 0.3) is 0 Å². The number of methoxy groups -OCH3 is 1. The number of amides is 1. The molecule has 160 valence electrons. The molecule has 4 heteroatoms. The minimum atomic E-state index is 0.0850. The number of aromatic nitrogens is 1. The fourth-order valence-corrected chi connectivity index (χ4v) is 4.43. The van der Waals surface area contributed by atoms with E-state index in [0.717, 1.165) is 61.3 Å². The number of benzene rings is 2. The predicted molar refractivity (Wildman–Crippen MR) is 123 cm³/mol. The third-order valence-corrected chi connectivity index (χ3v) is 6.01. The Morgan fingerprint density at radius 1 is 1.03 bits per heavy atom. The molecule has 1 aliphatic heterocycles. The van der Waals surface area contributed by atoms with E-state index in [1.165, 1.54) is 5.56 Å². The Bertz CT molecular complexity index is 1000. The van der Waals surface area contributed by atoms with Gasteiger partial charge in [0.2, 0.25) is 5.91 Å². The lowest BCUT2D eigenvalue weighted by Crippen LogP contribution is -2.31. The van der Waals surface area contributed by atoms with E-state index in [0.29, 0.717) is 6.42 Å². The highest BCUT2D eigenvalue weighted by Crippen LogP contribution is 2.32. The highest BCUT2D eigenvalue weighted by atomic mass is 16.5. The average Bonchev–Trinajstić information content (AvgIpc) is 3.30. The van der Waals surface area contributed by atoms with Gasteiger partial charge in [0, 0.05) is 30.6 Å². The van der Waals surface area contributed by atoms with Gasteiger partial charge in [-0.15, -0.1) is 0 Å². The van der Waals surface area contributed by atoms with Gasteiger partial charge in [-0.05, 0) is 49.4 Å². The smallest absolute Gasteiger partial charge is 0.223 e. The van der Waals surface area contributed by atoms with Gasteiger partial charge in [-0.1, -0.05) is 54.6 Å². The summed E-state index contributed by atoms with van der Waals surface area (Å²) in [5.74, 6) is 1.13. The molecule has 0 bridgehead atoms. The maximum Gasteiger partial charge on any atom is 0.223 e. The van der Waals surface area contributed by atoms with Gasteiger partial charge in [0.1, 0.15) is 5.75 Å². The van der Waals surface area contributed by atoms with E-state index in [4.69, 9.17) is 9.72 Å². The number of para-hydroxylation sites is 1. The maximum absolute atomic E-state index is 13.0. The van der Waals surface area contributed by atoms with Gasteiger partial charge in [0.25, 0.3) is 0 Å². The number of carbonyl (C=O) groups excluding carboxylic acids is 1. The van der Waals surface area contributed by atoms with Gasteiger partial charge in [-0.3, -0.25) is 9.78 Å². The Kier molecular flexibility index (Phi) is 6.98. The van der Waals surface area contributed by atoms with E-state index in [9.17, 15) is 4.79 Å². The Hall–Kier alpha value is -3.14. The summed E-state index contributed by atoms with van der Waals surface area (Å²) in [5.41, 5.74) is 4.42. The van der Waals surface area contributed by atoms with Gasteiger partial charge in [-0.2, -0.15) is 0 Å². The molecule has 1 unspecified atom stereocenters. The van der Waals surface area contributed by atoms with E-state index in [1.54, 1.807) is 7.11 Å². The number of rotatable bonds is 8. The van der Waals surface area contributed by atoms with Crippen LogP contribution in [0.1, 0.15) is 54.2 Å². The number of hydrogen-bond donors (Lipinski definition) is 0. The van der Waals surface area contributed by atoms with Gasteiger partial charge in [-0.25, -0.2) is 0 Å². The maximum atomic E-state index is 13.0. The van der Waals surface area contributed by atoms with Gasteiger partial charge < -0.3 is 9.64 Å². The van der Waals surface area contributed by atoms with Crippen LogP contribution in [0.3, 0.4) is 0 Å². The zero-order valence-corrected chi connectivity index (χ0v) is 18.2. The predicted octanol–water partition coefficient (Wildman–Crippen LogP) is 5.37. The third kappa shape index (κ3) is 5.32. The molecule has 1 fully saturated rings. The molecule has 1 aliphatic rings. The lowest BCUT2D eigenvalue weighted by molar-refractivity contribution is -0.132. The van der Waals surface area contributed by atoms with Crippen molar-refractivity contribution in [3.63, 3.8) is 0 Å². The minimum absolute atomic E-state index is 0.0850. The van der Waals surface area contributed by atoms with E-state index in [-0.39, 0.29) is 11.9 Å². The quantitative estimate of drug-likeness (QED) is 0.498. The number of aryl methyl sites for hydroxylation is 1. The molecule has 0 N–H and O–H groups in total. The minimum Gasteiger partial charge on any atom is -0.496 e. The molecule has 1 saturated heterocycles. The lowest BCUT2D eigenvalue weighted by Gasteiger charge is -2.25. The van der Waals surface area contributed by atoms with E-state index < -0.39 is 0 Å². The third-order valence-electron chi connectivity index (χ3n) is 6.01. The van der Waals surface area contributed by atoms with Crippen LogP contribution >= 0.6 is 0 Å². The topological polar surface area (TPSA) is 42.4 Å². The van der Waals surface area contributed by atoms with Crippen molar-refractivity contribution in [1.82, 2.24) is 9.88 Å². The highest BCUT2D eigenvalue weighted by molar-refractivity contribution is 5.77. The second-order valence-corrected chi connectivity index (χ2v) is 8.13. The number of nitrogens with zero attached hydrogens (tertiary/aromatic N) is 2. The molecular weight excluding hydrogens is 384 g/mol. The molecular formula is C27H30N2O2. The summed E-state index contributed by atoms with van der Waals surface area (Å²) in [6, 6.07) is 24.7. The molecule has 0 saturated carbocycles. The zero-order chi connectivity index (χ0) is 21.5. The van der Waals surface area contributed by atoms with Crippen molar-refractivity contribution in [2.75, 3.05) is 13.7 Å². The van der Waals surface area contributed by atoms with Crippen LogP contribution in [0.15, 0.2) is 72.8 Å². The summed E-state index contributed by atoms with van der Waals surface area (Å²) in [5, 5.41) is 0. The van der Waals surface area contributed by atoms with E-state index >= 15 is 0 Å². The molecule has 1 amide bonds. The van der Waals surface area contributed by atoms with E-state index in [1.807, 2.05) is 29.2 Å². The normalized spacial score (nSPS) is 15.8. The molecule has 1 atom stereocenters. The van der Waals surface area contributed by atoms with Crippen molar-refractivity contribution < 1.29 is 9.53 Å². The van der Waals surface area contributed by atoms with Crippen molar-refractivity contribution >= 4 is 5.91 Å². The molecule has 1 aromatic heterocycles. The van der Waals surface area contributed by atoms with Crippen molar-refractivity contribution in [2.24, 2.45) is 0 Å². The fourth-order valence-electron chi connectivity index (χ4n) is 4.43. The van der Waals surface area contributed by atoms with E-state index in [2.05, 4.69) is 48.5 Å². The number of likely N-dealkylation sites (tertiary alicyclic amines) is 1. The Balaban J connectivity index is 1.41. The lowest BCUT2D eigenvalue weighted by atomic mass is 10.1. The SMILES string of the molecule is COc1ccccc1Cc1cccc(C2CCCN2C(=O)CCCc2ccccc2)n1. The van der Waals surface area contributed by atoms with Crippen molar-refractivity contribution in [2.45, 2.75) is 44.6 Å². The number of ether oxygens (including phenoxy) is 1. The van der Waals surface area contributed by atoms with Crippen LogP contribution in [0, 0.1) is 0 Å². The second kappa shape index (κ2) is 10.3. The van der Waals surface area contributed by atoms with Crippen molar-refractivity contribution in [1.29, 1.82) is 0 Å². The molecule has 4 nitrogen and oxygen atoms in total. The first-order valence-electron chi connectivity index (χ1n) is 11.2. The highest BCUT2D eigenvalue weighted by Gasteiger charge is 2.30. The van der Waals surface area contributed by atoms with Crippen LogP contribution in [-0.4, -0.2) is 29.4 Å². The summed E-state index contributed by atoms with van der Waals surface area (Å²) in [6.07, 6.45) is 5.15. The zero-order valence-electron chi connectivity index (χ0n) is 18.2. The Morgan fingerprint density at radius 2 is 1.84 bits per heavy atom. The summed E-state index contributed by atoms with van der Waals surface area (Å²) < 4.78 is 5.48. The Morgan fingerprint density at radius 3 is 2.68 bits per heavy atom. The number of hydrogen-bond acceptors (Lipinski definition) is 3. The molecule has 2 aromatic carbocycles. The molecule has 31 heavy (non-hydrogen) atoms. The van der Waals surface area contributed by atoms with Gasteiger partial charge >= 0.3 is 0 Å². The molecule has 0 spiro atoms.